The van der Waals surface area contributed by atoms with Gasteiger partial charge in [0.15, 0.2) is 0 Å². The number of benzene rings is 4. The monoisotopic (exact) mass is 846 g/mol. The SMILES string of the molecule is CC(=O)NC(Cc1cc(F)cc(F)c1)C(O)CNC1(c2cccc(C3CCOC3)c2)CC1.NC(Cc1cc(F)cc(F)c1)C(O)CNC1(c2cccc(C3CCOC3)c2)CC1. The summed E-state index contributed by atoms with van der Waals surface area (Å²) in [6, 6.07) is 22.5. The Balaban J connectivity index is 0.000000185. The maximum absolute atomic E-state index is 13.6. The Kier molecular flexibility index (Phi) is 14.6. The Hall–Kier alpha value is -4.21. The first kappa shape index (κ1) is 44.8. The molecule has 1 amide bonds. The normalized spacial score (nSPS) is 21.8. The molecule has 4 aliphatic rings. The number of carbonyl (C=O) groups excluding carboxylic acids is 1. The molecule has 4 aromatic carbocycles. The molecule has 6 unspecified atom stereocenters. The summed E-state index contributed by atoms with van der Waals surface area (Å²) < 4.78 is 64.9. The van der Waals surface area contributed by atoms with Gasteiger partial charge < -0.3 is 41.4 Å². The second-order valence-electron chi connectivity index (χ2n) is 17.4. The molecule has 4 aromatic rings. The summed E-state index contributed by atoms with van der Waals surface area (Å²) in [5.41, 5.74) is 11.6. The minimum Gasteiger partial charge on any atom is -0.390 e. The number of carbonyl (C=O) groups is 1. The number of nitrogens with one attached hydrogen (secondary N) is 3. The number of nitrogens with two attached hydrogens (primary N) is 1. The van der Waals surface area contributed by atoms with Crippen LogP contribution >= 0.6 is 0 Å². The second kappa shape index (κ2) is 19.9. The van der Waals surface area contributed by atoms with E-state index in [9.17, 15) is 32.6 Å². The van der Waals surface area contributed by atoms with Crippen molar-refractivity contribution in [2.24, 2.45) is 5.73 Å². The van der Waals surface area contributed by atoms with Crippen LogP contribution in [0.1, 0.15) is 90.7 Å². The molecule has 9 nitrogen and oxygen atoms in total. The molecule has 8 rings (SSSR count). The quantitative estimate of drug-likeness (QED) is 0.0699. The highest BCUT2D eigenvalue weighted by Crippen LogP contribution is 2.47. The Morgan fingerprint density at radius 1 is 0.689 bits per heavy atom. The predicted octanol–water partition coefficient (Wildman–Crippen LogP) is 6.13. The average molecular weight is 847 g/mol. The van der Waals surface area contributed by atoms with Gasteiger partial charge in [-0.1, -0.05) is 48.5 Å². The van der Waals surface area contributed by atoms with Gasteiger partial charge in [0.1, 0.15) is 23.3 Å². The smallest absolute Gasteiger partial charge is 0.217 e. The third kappa shape index (κ3) is 12.0. The first-order valence-corrected chi connectivity index (χ1v) is 21.4. The molecule has 0 aromatic heterocycles. The zero-order valence-electron chi connectivity index (χ0n) is 34.7. The second-order valence-corrected chi connectivity index (χ2v) is 17.4. The van der Waals surface area contributed by atoms with E-state index in [4.69, 9.17) is 15.2 Å². The molecule has 0 spiro atoms. The Bertz CT molecular complexity index is 2060. The number of aliphatic hydroxyl groups is 2. The largest absolute Gasteiger partial charge is 0.390 e. The summed E-state index contributed by atoms with van der Waals surface area (Å²) in [6.07, 6.45) is 4.63. The van der Waals surface area contributed by atoms with Crippen LogP contribution in [0.4, 0.5) is 17.6 Å². The highest BCUT2D eigenvalue weighted by atomic mass is 19.1. The Labute approximate surface area is 355 Å². The van der Waals surface area contributed by atoms with E-state index in [1.54, 1.807) is 0 Å². The number of amides is 1. The molecule has 2 saturated carbocycles. The van der Waals surface area contributed by atoms with Gasteiger partial charge in [-0.15, -0.1) is 0 Å². The Morgan fingerprint density at radius 2 is 1.13 bits per heavy atom. The molecule has 6 atom stereocenters. The van der Waals surface area contributed by atoms with Crippen molar-refractivity contribution in [3.63, 3.8) is 0 Å². The van der Waals surface area contributed by atoms with Gasteiger partial charge in [0, 0.05) is 74.3 Å². The summed E-state index contributed by atoms with van der Waals surface area (Å²) >= 11 is 0. The van der Waals surface area contributed by atoms with Crippen LogP contribution in [0.5, 0.6) is 0 Å². The summed E-state index contributed by atoms with van der Waals surface area (Å²) in [7, 11) is 0. The lowest BCUT2D eigenvalue weighted by atomic mass is 9.93. The van der Waals surface area contributed by atoms with Gasteiger partial charge in [-0.05, 0) is 109 Å². The molecule has 2 aliphatic heterocycles. The highest BCUT2D eigenvalue weighted by molar-refractivity contribution is 5.73. The third-order valence-corrected chi connectivity index (χ3v) is 12.6. The molecule has 2 heterocycles. The minimum atomic E-state index is -0.922. The molecule has 13 heteroatoms. The molecule has 61 heavy (non-hydrogen) atoms. The Morgan fingerprint density at radius 3 is 1.54 bits per heavy atom. The first-order valence-electron chi connectivity index (χ1n) is 21.4. The van der Waals surface area contributed by atoms with E-state index < -0.39 is 47.6 Å². The van der Waals surface area contributed by atoms with Crippen molar-refractivity contribution >= 4 is 5.91 Å². The van der Waals surface area contributed by atoms with Crippen LogP contribution in [0.3, 0.4) is 0 Å². The van der Waals surface area contributed by atoms with Crippen molar-refractivity contribution in [3.8, 4) is 0 Å². The summed E-state index contributed by atoms with van der Waals surface area (Å²) in [5, 5.41) is 31.0. The maximum Gasteiger partial charge on any atom is 0.217 e. The van der Waals surface area contributed by atoms with Crippen LogP contribution in [-0.2, 0) is 38.2 Å². The molecular formula is C48H58F4N4O5. The number of rotatable bonds is 17. The van der Waals surface area contributed by atoms with Gasteiger partial charge in [-0.2, -0.15) is 0 Å². The zero-order chi connectivity index (χ0) is 43.1. The summed E-state index contributed by atoms with van der Waals surface area (Å²) in [4.78, 5) is 11.7. The molecule has 7 N–H and O–H groups in total. The highest BCUT2D eigenvalue weighted by Gasteiger charge is 2.45. The van der Waals surface area contributed by atoms with Crippen molar-refractivity contribution in [1.82, 2.24) is 16.0 Å². The van der Waals surface area contributed by atoms with Gasteiger partial charge in [0.05, 0.1) is 31.5 Å². The number of hydrogen-bond acceptors (Lipinski definition) is 8. The lowest BCUT2D eigenvalue weighted by Gasteiger charge is -2.27. The zero-order valence-corrected chi connectivity index (χ0v) is 34.7. The fraction of sp³-hybridized carbons (Fsp3) is 0.479. The summed E-state index contributed by atoms with van der Waals surface area (Å²) in [6.45, 7) is 5.08. The van der Waals surface area contributed by atoms with Crippen molar-refractivity contribution < 1.29 is 42.0 Å². The number of aliphatic hydroxyl groups excluding tert-OH is 2. The van der Waals surface area contributed by atoms with Crippen molar-refractivity contribution in [2.75, 3.05) is 39.5 Å². The van der Waals surface area contributed by atoms with Gasteiger partial charge in [-0.3, -0.25) is 4.79 Å². The van der Waals surface area contributed by atoms with Crippen molar-refractivity contribution in [2.45, 2.75) is 105 Å². The third-order valence-electron chi connectivity index (χ3n) is 12.6. The molecule has 2 saturated heterocycles. The van der Waals surface area contributed by atoms with E-state index in [2.05, 4.69) is 64.5 Å². The standard InChI is InChI=1S/C25H30F2N2O3.C23H28F2N2O2/c1-16(30)29-23(11-17-9-21(26)13-22(27)10-17)24(31)14-28-25(6-7-25)20-4-2-3-18(12-20)19-5-8-32-15-19;24-19-8-15(9-20(25)12-19)10-21(26)22(28)13-27-23(5-6-23)18-3-1-2-16(11-18)17-4-7-29-14-17/h2-4,9-10,12-13,19,23-24,28,31H,5-8,11,14-15H2,1H3,(H,29,30);1-3,8-9,11-12,17,21-22,27-28H,4-7,10,13-14,26H2. The number of halogens is 4. The predicted molar refractivity (Wildman–Crippen MR) is 225 cm³/mol. The van der Waals surface area contributed by atoms with Gasteiger partial charge in [0.2, 0.25) is 5.91 Å². The van der Waals surface area contributed by atoms with Gasteiger partial charge in [0.25, 0.3) is 0 Å². The van der Waals surface area contributed by atoms with E-state index in [0.717, 1.165) is 77.1 Å². The van der Waals surface area contributed by atoms with Crippen molar-refractivity contribution in [3.05, 3.63) is 142 Å². The molecule has 2 aliphatic carbocycles. The van der Waals surface area contributed by atoms with Crippen LogP contribution in [0, 0.1) is 23.3 Å². The summed E-state index contributed by atoms with van der Waals surface area (Å²) in [5.74, 6) is -2.06. The lowest BCUT2D eigenvalue weighted by Crippen LogP contribution is -2.49. The van der Waals surface area contributed by atoms with Crippen LogP contribution in [-0.4, -0.2) is 79.9 Å². The van der Waals surface area contributed by atoms with Gasteiger partial charge in [-0.25, -0.2) is 17.6 Å². The number of ether oxygens (including phenoxy) is 2. The van der Waals surface area contributed by atoms with E-state index in [-0.39, 0.29) is 36.4 Å². The van der Waals surface area contributed by atoms with E-state index >= 15 is 0 Å². The van der Waals surface area contributed by atoms with E-state index in [1.807, 2.05) is 0 Å². The lowest BCUT2D eigenvalue weighted by molar-refractivity contribution is -0.120. The van der Waals surface area contributed by atoms with Crippen LogP contribution < -0.4 is 21.7 Å². The topological polar surface area (TPSA) is 138 Å². The van der Waals surface area contributed by atoms with Crippen LogP contribution in [0.2, 0.25) is 0 Å². The minimum absolute atomic E-state index is 0.124. The van der Waals surface area contributed by atoms with Crippen molar-refractivity contribution in [1.29, 1.82) is 0 Å². The molecule has 328 valence electrons. The average Bonchev–Trinajstić information content (AvgIpc) is 4.04. The first-order chi connectivity index (χ1) is 29.3. The van der Waals surface area contributed by atoms with Crippen LogP contribution in [0.25, 0.3) is 0 Å². The van der Waals surface area contributed by atoms with E-state index in [1.165, 1.54) is 53.4 Å². The number of hydrogen-bond donors (Lipinski definition) is 6. The van der Waals surface area contributed by atoms with Gasteiger partial charge >= 0.3 is 0 Å². The molecule has 0 bridgehead atoms. The van der Waals surface area contributed by atoms with Crippen LogP contribution in [0.15, 0.2) is 84.9 Å². The fourth-order valence-corrected chi connectivity index (χ4v) is 8.72. The molecular weight excluding hydrogens is 789 g/mol. The molecule has 4 fully saturated rings. The fourth-order valence-electron chi connectivity index (χ4n) is 8.72. The van der Waals surface area contributed by atoms with E-state index in [0.29, 0.717) is 29.5 Å². The molecule has 0 radical (unpaired) electrons. The maximum atomic E-state index is 13.6.